The van der Waals surface area contributed by atoms with Crippen molar-refractivity contribution in [1.29, 1.82) is 0 Å². The lowest BCUT2D eigenvalue weighted by Crippen LogP contribution is -2.50. The average molecular weight is 266 g/mol. The second-order valence-corrected chi connectivity index (χ2v) is 6.61. The Balaban J connectivity index is 1.39. The van der Waals surface area contributed by atoms with Crippen molar-refractivity contribution in [2.45, 2.75) is 37.8 Å². The first-order valence-corrected chi connectivity index (χ1v) is 8.20. The molecule has 4 nitrogen and oxygen atoms in total. The van der Waals surface area contributed by atoms with E-state index in [0.717, 1.165) is 18.6 Å². The van der Waals surface area contributed by atoms with Gasteiger partial charge in [0.25, 0.3) is 0 Å². The molecule has 0 radical (unpaired) electrons. The molecule has 3 heterocycles. The van der Waals surface area contributed by atoms with E-state index in [0.29, 0.717) is 0 Å². The van der Waals surface area contributed by atoms with Gasteiger partial charge in [-0.3, -0.25) is 4.90 Å². The van der Waals surface area contributed by atoms with Gasteiger partial charge in [0.15, 0.2) is 0 Å². The van der Waals surface area contributed by atoms with Gasteiger partial charge in [-0.15, -0.1) is 0 Å². The molecule has 3 saturated heterocycles. The summed E-state index contributed by atoms with van der Waals surface area (Å²) >= 11 is 0. The zero-order valence-electron chi connectivity index (χ0n) is 12.5. The van der Waals surface area contributed by atoms with Crippen molar-refractivity contribution < 1.29 is 0 Å². The highest BCUT2D eigenvalue weighted by Gasteiger charge is 2.29. The van der Waals surface area contributed by atoms with Crippen molar-refractivity contribution >= 4 is 0 Å². The molecule has 19 heavy (non-hydrogen) atoms. The second kappa shape index (κ2) is 6.53. The minimum absolute atomic E-state index is 0.750. The van der Waals surface area contributed by atoms with E-state index >= 15 is 0 Å². The number of likely N-dealkylation sites (N-methyl/N-ethyl adjacent to an activating group) is 1. The SMILES string of the molecule is CN1CCNCC1CCN1CCC(N2CCCC2)C1. The molecule has 2 unspecified atom stereocenters. The molecular weight excluding hydrogens is 236 g/mol. The van der Waals surface area contributed by atoms with Gasteiger partial charge < -0.3 is 15.1 Å². The zero-order chi connectivity index (χ0) is 13.1. The molecule has 0 aromatic carbocycles. The number of rotatable bonds is 4. The van der Waals surface area contributed by atoms with Crippen LogP contribution < -0.4 is 5.32 Å². The third-order valence-corrected chi connectivity index (χ3v) is 5.33. The molecule has 3 rings (SSSR count). The van der Waals surface area contributed by atoms with Gasteiger partial charge in [0.05, 0.1) is 0 Å². The maximum atomic E-state index is 3.53. The molecule has 4 heteroatoms. The predicted molar refractivity (Wildman–Crippen MR) is 79.6 cm³/mol. The van der Waals surface area contributed by atoms with Crippen LogP contribution in [0.2, 0.25) is 0 Å². The standard InChI is InChI=1S/C15H30N4/c1-17-11-6-16-12-14(17)4-9-18-10-5-15(13-18)19-7-2-3-8-19/h14-16H,2-13H2,1H3. The highest BCUT2D eigenvalue weighted by atomic mass is 15.3. The first-order chi connectivity index (χ1) is 9.33. The van der Waals surface area contributed by atoms with Gasteiger partial charge in [0, 0.05) is 38.3 Å². The van der Waals surface area contributed by atoms with Crippen molar-refractivity contribution in [2.75, 3.05) is 59.4 Å². The van der Waals surface area contributed by atoms with E-state index in [1.165, 1.54) is 71.5 Å². The zero-order valence-corrected chi connectivity index (χ0v) is 12.5. The lowest BCUT2D eigenvalue weighted by molar-refractivity contribution is 0.168. The lowest BCUT2D eigenvalue weighted by Gasteiger charge is -2.34. The van der Waals surface area contributed by atoms with E-state index in [-0.39, 0.29) is 0 Å². The molecule has 0 bridgehead atoms. The Morgan fingerprint density at radius 1 is 1.11 bits per heavy atom. The highest BCUT2D eigenvalue weighted by molar-refractivity contribution is 4.87. The molecule has 0 amide bonds. The summed E-state index contributed by atoms with van der Waals surface area (Å²) in [6.07, 6.45) is 5.58. The van der Waals surface area contributed by atoms with E-state index < -0.39 is 0 Å². The molecule has 3 aliphatic rings. The first-order valence-electron chi connectivity index (χ1n) is 8.20. The van der Waals surface area contributed by atoms with Crippen LogP contribution >= 0.6 is 0 Å². The molecule has 0 spiro atoms. The second-order valence-electron chi connectivity index (χ2n) is 6.61. The summed E-state index contributed by atoms with van der Waals surface area (Å²) in [6, 6.07) is 1.62. The third kappa shape index (κ3) is 3.48. The Bertz CT molecular complexity index is 277. The van der Waals surface area contributed by atoms with Crippen molar-refractivity contribution in [1.82, 2.24) is 20.0 Å². The fourth-order valence-corrected chi connectivity index (χ4v) is 3.94. The van der Waals surface area contributed by atoms with Gasteiger partial charge in [-0.1, -0.05) is 0 Å². The maximum absolute atomic E-state index is 3.53. The monoisotopic (exact) mass is 266 g/mol. The van der Waals surface area contributed by atoms with Crippen molar-refractivity contribution in [2.24, 2.45) is 0 Å². The number of likely N-dealkylation sites (tertiary alicyclic amines) is 2. The molecule has 0 aliphatic carbocycles. The quantitative estimate of drug-likeness (QED) is 0.797. The summed E-state index contributed by atoms with van der Waals surface area (Å²) in [5, 5.41) is 3.53. The lowest BCUT2D eigenvalue weighted by atomic mass is 10.1. The largest absolute Gasteiger partial charge is 0.314 e. The molecule has 0 aromatic heterocycles. The summed E-state index contributed by atoms with van der Waals surface area (Å²) in [5.74, 6) is 0. The Morgan fingerprint density at radius 3 is 2.74 bits per heavy atom. The molecule has 2 atom stereocenters. The normalized spacial score (nSPS) is 35.2. The Labute approximate surface area is 118 Å². The van der Waals surface area contributed by atoms with Crippen LogP contribution in [0, 0.1) is 0 Å². The smallest absolute Gasteiger partial charge is 0.0235 e. The van der Waals surface area contributed by atoms with Gasteiger partial charge in [-0.05, 0) is 58.9 Å². The van der Waals surface area contributed by atoms with Crippen molar-refractivity contribution in [3.8, 4) is 0 Å². The van der Waals surface area contributed by atoms with Crippen LogP contribution in [0.3, 0.4) is 0 Å². The van der Waals surface area contributed by atoms with Crippen molar-refractivity contribution in [3.05, 3.63) is 0 Å². The predicted octanol–water partition coefficient (Wildman–Crippen LogP) is 0.450. The number of hydrogen-bond donors (Lipinski definition) is 1. The van der Waals surface area contributed by atoms with Crippen LogP contribution in [0.5, 0.6) is 0 Å². The maximum Gasteiger partial charge on any atom is 0.0235 e. The Hall–Kier alpha value is -0.160. The van der Waals surface area contributed by atoms with E-state index in [2.05, 4.69) is 27.1 Å². The minimum Gasteiger partial charge on any atom is -0.314 e. The fourth-order valence-electron chi connectivity index (χ4n) is 3.94. The van der Waals surface area contributed by atoms with Gasteiger partial charge >= 0.3 is 0 Å². The summed E-state index contributed by atoms with van der Waals surface area (Å²) in [7, 11) is 2.28. The van der Waals surface area contributed by atoms with E-state index in [4.69, 9.17) is 0 Å². The van der Waals surface area contributed by atoms with Gasteiger partial charge in [0.2, 0.25) is 0 Å². The average Bonchev–Trinajstić information content (AvgIpc) is 3.09. The molecule has 3 fully saturated rings. The fraction of sp³-hybridized carbons (Fsp3) is 1.00. The van der Waals surface area contributed by atoms with Crippen LogP contribution in [-0.2, 0) is 0 Å². The van der Waals surface area contributed by atoms with E-state index in [1.54, 1.807) is 0 Å². The molecular formula is C15H30N4. The molecule has 0 aromatic rings. The number of piperazine rings is 1. The topological polar surface area (TPSA) is 21.8 Å². The third-order valence-electron chi connectivity index (χ3n) is 5.33. The summed E-state index contributed by atoms with van der Waals surface area (Å²) in [4.78, 5) is 7.96. The molecule has 110 valence electrons. The Kier molecular flexibility index (Phi) is 4.74. The van der Waals surface area contributed by atoms with Gasteiger partial charge in [0.1, 0.15) is 0 Å². The molecule has 0 saturated carbocycles. The van der Waals surface area contributed by atoms with Crippen LogP contribution in [0.25, 0.3) is 0 Å². The van der Waals surface area contributed by atoms with Crippen LogP contribution in [0.1, 0.15) is 25.7 Å². The van der Waals surface area contributed by atoms with Crippen LogP contribution in [-0.4, -0.2) is 86.2 Å². The minimum atomic E-state index is 0.750. The molecule has 3 aliphatic heterocycles. The van der Waals surface area contributed by atoms with Gasteiger partial charge in [-0.25, -0.2) is 0 Å². The first kappa shape index (κ1) is 13.8. The van der Waals surface area contributed by atoms with Crippen LogP contribution in [0.4, 0.5) is 0 Å². The summed E-state index contributed by atoms with van der Waals surface area (Å²) in [5.41, 5.74) is 0. The van der Waals surface area contributed by atoms with Crippen molar-refractivity contribution in [3.63, 3.8) is 0 Å². The summed E-state index contributed by atoms with van der Waals surface area (Å²) in [6.45, 7) is 10.2. The number of nitrogens with zero attached hydrogens (tertiary/aromatic N) is 3. The van der Waals surface area contributed by atoms with E-state index in [1.807, 2.05) is 0 Å². The number of hydrogen-bond acceptors (Lipinski definition) is 4. The highest BCUT2D eigenvalue weighted by Crippen LogP contribution is 2.20. The Morgan fingerprint density at radius 2 is 1.95 bits per heavy atom. The molecule has 1 N–H and O–H groups in total. The number of nitrogens with one attached hydrogen (secondary N) is 1. The van der Waals surface area contributed by atoms with E-state index in [9.17, 15) is 0 Å². The van der Waals surface area contributed by atoms with Gasteiger partial charge in [-0.2, -0.15) is 0 Å². The summed E-state index contributed by atoms with van der Waals surface area (Å²) < 4.78 is 0. The van der Waals surface area contributed by atoms with Crippen LogP contribution in [0.15, 0.2) is 0 Å².